The molecule has 2 aliphatic heterocycles. The Morgan fingerprint density at radius 2 is 1.76 bits per heavy atom. The first kappa shape index (κ1) is 29.5. The second-order valence-electron chi connectivity index (χ2n) is 10.6. The van der Waals surface area contributed by atoms with Crippen LogP contribution in [0.15, 0.2) is 54.7 Å². The molecule has 5 rings (SSSR count). The molecule has 2 saturated heterocycles. The highest BCUT2D eigenvalue weighted by atomic mass is 32.2. The van der Waals surface area contributed by atoms with Crippen molar-refractivity contribution in [3.05, 3.63) is 77.2 Å². The number of pyridine rings is 1. The van der Waals surface area contributed by atoms with Crippen molar-refractivity contribution in [1.29, 1.82) is 0 Å². The van der Waals surface area contributed by atoms with Crippen LogP contribution in [0, 0.1) is 5.82 Å². The fourth-order valence-corrected chi connectivity index (χ4v) is 6.47. The molecule has 8 nitrogen and oxygen atoms in total. The normalized spacial score (nSPS) is 17.3. The number of nitrogens with two attached hydrogens (primary N) is 1. The number of ether oxygens (including phenoxy) is 1. The lowest BCUT2D eigenvalue weighted by Crippen LogP contribution is -2.32. The monoisotopic (exact) mass is 579 g/mol. The standard InChI is InChI=1S/C31H38FN5O3S/c32-26-19-29(30(33)39)31(34-20-26)40-27-4-1-3-24(18-27)28-6-5-23(17-25(28)22-37-12-15-41-16-13-37)21-36-8-2-7-35(9-10-36)11-14-38/h1,3-6,17-20,38H,2,7-16,21-22H2,(H2,33,39). The molecule has 218 valence electrons. The molecular weight excluding hydrogens is 541 g/mol. The number of rotatable bonds is 10. The molecule has 10 heteroatoms. The van der Waals surface area contributed by atoms with Gasteiger partial charge in [-0.05, 0) is 60.0 Å². The molecule has 0 atom stereocenters. The van der Waals surface area contributed by atoms with E-state index in [-0.39, 0.29) is 18.1 Å². The zero-order chi connectivity index (χ0) is 28.6. The van der Waals surface area contributed by atoms with Crippen LogP contribution in [0.1, 0.15) is 27.9 Å². The van der Waals surface area contributed by atoms with Gasteiger partial charge in [-0.15, -0.1) is 0 Å². The maximum absolute atomic E-state index is 13.7. The van der Waals surface area contributed by atoms with Gasteiger partial charge in [0.25, 0.3) is 5.91 Å². The maximum Gasteiger partial charge on any atom is 0.254 e. The van der Waals surface area contributed by atoms with E-state index in [2.05, 4.69) is 43.9 Å². The summed E-state index contributed by atoms with van der Waals surface area (Å²) in [6.07, 6.45) is 2.11. The molecule has 3 N–H and O–H groups in total. The Hall–Kier alpha value is -3.02. The summed E-state index contributed by atoms with van der Waals surface area (Å²) in [5.41, 5.74) is 10.0. The van der Waals surface area contributed by atoms with Crippen molar-refractivity contribution in [1.82, 2.24) is 19.7 Å². The smallest absolute Gasteiger partial charge is 0.254 e. The number of carbonyl (C=O) groups is 1. The second-order valence-corrected chi connectivity index (χ2v) is 11.8. The molecule has 3 aromatic rings. The Kier molecular flexibility index (Phi) is 10.2. The summed E-state index contributed by atoms with van der Waals surface area (Å²) in [7, 11) is 0. The zero-order valence-electron chi connectivity index (χ0n) is 23.3. The van der Waals surface area contributed by atoms with Gasteiger partial charge in [0, 0.05) is 57.3 Å². The average molecular weight is 580 g/mol. The number of amides is 1. The van der Waals surface area contributed by atoms with E-state index in [9.17, 15) is 14.3 Å². The van der Waals surface area contributed by atoms with Gasteiger partial charge < -0.3 is 15.6 Å². The van der Waals surface area contributed by atoms with Crippen LogP contribution in [-0.4, -0.2) is 94.6 Å². The quantitative estimate of drug-likeness (QED) is 0.374. The number of primary amides is 1. The van der Waals surface area contributed by atoms with Crippen LogP contribution in [0.25, 0.3) is 11.1 Å². The molecule has 0 unspecified atom stereocenters. The zero-order valence-corrected chi connectivity index (χ0v) is 24.1. The Morgan fingerprint density at radius 1 is 0.976 bits per heavy atom. The van der Waals surface area contributed by atoms with Crippen LogP contribution in [0.2, 0.25) is 0 Å². The number of carbonyl (C=O) groups excluding carboxylic acids is 1. The van der Waals surface area contributed by atoms with Gasteiger partial charge in [0.05, 0.1) is 12.8 Å². The molecule has 1 aromatic heterocycles. The van der Waals surface area contributed by atoms with E-state index >= 15 is 0 Å². The summed E-state index contributed by atoms with van der Waals surface area (Å²) in [6.45, 7) is 8.88. The third-order valence-corrected chi connectivity index (χ3v) is 8.56. The molecule has 0 aliphatic carbocycles. The first-order chi connectivity index (χ1) is 20.0. The van der Waals surface area contributed by atoms with E-state index in [1.807, 2.05) is 23.9 Å². The molecule has 3 heterocycles. The fourth-order valence-electron chi connectivity index (χ4n) is 5.49. The fraction of sp³-hybridized carbons (Fsp3) is 0.419. The predicted octanol–water partition coefficient (Wildman–Crippen LogP) is 3.83. The van der Waals surface area contributed by atoms with E-state index in [1.54, 1.807) is 6.07 Å². The molecular formula is C31H38FN5O3S. The summed E-state index contributed by atoms with van der Waals surface area (Å²) in [4.78, 5) is 23.2. The molecule has 0 radical (unpaired) electrons. The van der Waals surface area contributed by atoms with Crippen LogP contribution in [0.4, 0.5) is 4.39 Å². The van der Waals surface area contributed by atoms with Crippen molar-refractivity contribution in [2.75, 3.05) is 63.9 Å². The number of aromatic nitrogens is 1. The number of thioether (sulfide) groups is 1. The Morgan fingerprint density at radius 3 is 2.56 bits per heavy atom. The third kappa shape index (κ3) is 8.05. The minimum Gasteiger partial charge on any atom is -0.438 e. The number of aliphatic hydroxyl groups excluding tert-OH is 1. The number of nitrogens with zero attached hydrogens (tertiary/aromatic N) is 4. The number of aliphatic hydroxyl groups is 1. The molecule has 0 spiro atoms. The lowest BCUT2D eigenvalue weighted by Gasteiger charge is -2.28. The summed E-state index contributed by atoms with van der Waals surface area (Å²) in [6, 6.07) is 15.5. The highest BCUT2D eigenvalue weighted by molar-refractivity contribution is 7.99. The minimum absolute atomic E-state index is 0.0209. The predicted molar refractivity (Wildman–Crippen MR) is 161 cm³/mol. The first-order valence-electron chi connectivity index (χ1n) is 14.2. The van der Waals surface area contributed by atoms with Crippen LogP contribution < -0.4 is 10.5 Å². The van der Waals surface area contributed by atoms with Gasteiger partial charge in [0.1, 0.15) is 17.1 Å². The van der Waals surface area contributed by atoms with Crippen molar-refractivity contribution < 1.29 is 19.0 Å². The molecule has 0 saturated carbocycles. The molecule has 1 amide bonds. The van der Waals surface area contributed by atoms with Gasteiger partial charge >= 0.3 is 0 Å². The largest absolute Gasteiger partial charge is 0.438 e. The van der Waals surface area contributed by atoms with E-state index in [0.29, 0.717) is 5.75 Å². The summed E-state index contributed by atoms with van der Waals surface area (Å²) in [5.74, 6) is 1.31. The summed E-state index contributed by atoms with van der Waals surface area (Å²) in [5, 5.41) is 9.33. The molecule has 2 aliphatic rings. The molecule has 2 aromatic carbocycles. The van der Waals surface area contributed by atoms with Crippen LogP contribution in [-0.2, 0) is 13.1 Å². The number of benzene rings is 2. The molecule has 41 heavy (non-hydrogen) atoms. The number of β-amino-alcohol motifs (C(OH)–C–C–N with tert-alkyl or cyclic N) is 1. The van der Waals surface area contributed by atoms with Crippen LogP contribution >= 0.6 is 11.8 Å². The summed E-state index contributed by atoms with van der Waals surface area (Å²) >= 11 is 2.00. The molecule has 2 fully saturated rings. The van der Waals surface area contributed by atoms with E-state index in [0.717, 1.165) is 100 Å². The minimum atomic E-state index is -0.800. The Bertz CT molecular complexity index is 1340. The average Bonchev–Trinajstić information content (AvgIpc) is 3.20. The van der Waals surface area contributed by atoms with Crippen molar-refractivity contribution in [3.8, 4) is 22.8 Å². The number of halogens is 1. The lowest BCUT2D eigenvalue weighted by molar-refractivity contribution is 0.0997. The van der Waals surface area contributed by atoms with E-state index < -0.39 is 11.7 Å². The van der Waals surface area contributed by atoms with Crippen molar-refractivity contribution in [3.63, 3.8) is 0 Å². The molecule has 0 bridgehead atoms. The van der Waals surface area contributed by atoms with Gasteiger partial charge in [0.2, 0.25) is 5.88 Å². The van der Waals surface area contributed by atoms with Crippen molar-refractivity contribution in [2.24, 2.45) is 5.73 Å². The van der Waals surface area contributed by atoms with Gasteiger partial charge in [-0.25, -0.2) is 9.37 Å². The van der Waals surface area contributed by atoms with Gasteiger partial charge in [-0.1, -0.05) is 30.3 Å². The van der Waals surface area contributed by atoms with Crippen molar-refractivity contribution >= 4 is 17.7 Å². The highest BCUT2D eigenvalue weighted by Gasteiger charge is 2.19. The number of hydrogen-bond acceptors (Lipinski definition) is 8. The second kappa shape index (κ2) is 14.2. The van der Waals surface area contributed by atoms with Gasteiger partial charge in [0.15, 0.2) is 0 Å². The Balaban J connectivity index is 1.39. The van der Waals surface area contributed by atoms with Crippen LogP contribution in [0.5, 0.6) is 11.6 Å². The van der Waals surface area contributed by atoms with Gasteiger partial charge in [-0.2, -0.15) is 11.8 Å². The first-order valence-corrected chi connectivity index (χ1v) is 15.3. The maximum atomic E-state index is 13.7. The Labute approximate surface area is 245 Å². The van der Waals surface area contributed by atoms with E-state index in [1.165, 1.54) is 11.1 Å². The van der Waals surface area contributed by atoms with E-state index in [4.69, 9.17) is 10.5 Å². The highest BCUT2D eigenvalue weighted by Crippen LogP contribution is 2.32. The lowest BCUT2D eigenvalue weighted by atomic mass is 9.96. The third-order valence-electron chi connectivity index (χ3n) is 7.61. The van der Waals surface area contributed by atoms with Crippen molar-refractivity contribution in [2.45, 2.75) is 19.5 Å². The summed E-state index contributed by atoms with van der Waals surface area (Å²) < 4.78 is 19.6. The topological polar surface area (TPSA) is 95.2 Å². The number of hydrogen-bond donors (Lipinski definition) is 2. The SMILES string of the molecule is NC(=O)c1cc(F)cnc1Oc1cccc(-c2ccc(CN3CCCN(CCO)CC3)cc2CN2CCSCC2)c1. The van der Waals surface area contributed by atoms with Gasteiger partial charge in [-0.3, -0.25) is 19.5 Å². The van der Waals surface area contributed by atoms with Crippen LogP contribution in [0.3, 0.4) is 0 Å².